The Balaban J connectivity index is 1.84. The van der Waals surface area contributed by atoms with Gasteiger partial charge in [-0.1, -0.05) is 71.4 Å². The summed E-state index contributed by atoms with van der Waals surface area (Å²) < 4.78 is 29.9. The molecule has 0 spiro atoms. The minimum Gasteiger partial charge on any atom is -0.480 e. The summed E-state index contributed by atoms with van der Waals surface area (Å²) in [5, 5.41) is 27.1. The molecule has 1 heterocycles. The van der Waals surface area contributed by atoms with Gasteiger partial charge < -0.3 is 31.1 Å². The van der Waals surface area contributed by atoms with Gasteiger partial charge in [-0.15, -0.1) is 0 Å². The average Bonchev–Trinajstić information content (AvgIpc) is 3.55. The lowest BCUT2D eigenvalue weighted by Crippen LogP contribution is -2.59. The number of carbonyl (C=O) groups is 6. The summed E-state index contributed by atoms with van der Waals surface area (Å²) >= 11 is 0. The molecule has 1 aromatic carbocycles. The Hall–Kier alpha value is -3.94. The molecule has 0 unspecified atom stereocenters. The van der Waals surface area contributed by atoms with E-state index in [2.05, 4.69) is 16.0 Å². The quantitative estimate of drug-likeness (QED) is 0.176. The van der Waals surface area contributed by atoms with Gasteiger partial charge in [0.25, 0.3) is 11.8 Å². The summed E-state index contributed by atoms with van der Waals surface area (Å²) in [6, 6.07) is 2.95. The molecule has 4 amide bonds. The number of benzene rings is 1. The second-order valence-electron chi connectivity index (χ2n) is 13.2. The molecule has 2 fully saturated rings. The van der Waals surface area contributed by atoms with E-state index in [1.165, 1.54) is 0 Å². The van der Waals surface area contributed by atoms with Gasteiger partial charge in [0.2, 0.25) is 23.5 Å². The first-order valence-electron chi connectivity index (χ1n) is 16.1. The number of amides is 4. The number of hydrogen-bond donors (Lipinski definition) is 5. The topological polar surface area (TPSA) is 182 Å². The molecule has 5 N–H and O–H groups in total. The maximum atomic E-state index is 15.0. The lowest BCUT2D eigenvalue weighted by Gasteiger charge is -2.33. The van der Waals surface area contributed by atoms with Crippen molar-refractivity contribution in [2.24, 2.45) is 23.7 Å². The predicted octanol–water partition coefficient (Wildman–Crippen LogP) is 1.68. The van der Waals surface area contributed by atoms with Crippen LogP contribution < -0.4 is 16.0 Å². The number of halogens is 2. The van der Waals surface area contributed by atoms with Crippen LogP contribution in [-0.4, -0.2) is 93.2 Å². The van der Waals surface area contributed by atoms with Crippen molar-refractivity contribution in [3.05, 3.63) is 35.9 Å². The second kappa shape index (κ2) is 15.8. The zero-order valence-corrected chi connectivity index (χ0v) is 27.4. The molecule has 2 aliphatic rings. The first-order chi connectivity index (χ1) is 22.0. The first kappa shape index (κ1) is 37.5. The van der Waals surface area contributed by atoms with Crippen LogP contribution in [0.4, 0.5) is 8.78 Å². The number of aliphatic hydroxyl groups is 1. The van der Waals surface area contributed by atoms with Crippen LogP contribution in [0.25, 0.3) is 0 Å². The van der Waals surface area contributed by atoms with Gasteiger partial charge >= 0.3 is 5.97 Å². The van der Waals surface area contributed by atoms with Crippen LogP contribution in [0.1, 0.15) is 65.9 Å². The van der Waals surface area contributed by atoms with E-state index in [-0.39, 0.29) is 19.3 Å². The number of fused-ring (bicyclic) bond motifs is 1. The number of rotatable bonds is 15. The Morgan fingerprint density at radius 2 is 1.60 bits per heavy atom. The van der Waals surface area contributed by atoms with Crippen LogP contribution in [0.3, 0.4) is 0 Å². The van der Waals surface area contributed by atoms with E-state index in [1.54, 1.807) is 65.0 Å². The number of ketones is 1. The molecule has 3 rings (SSSR count). The van der Waals surface area contributed by atoms with E-state index in [0.717, 1.165) is 4.90 Å². The summed E-state index contributed by atoms with van der Waals surface area (Å²) in [4.78, 5) is 79.5. The van der Waals surface area contributed by atoms with Gasteiger partial charge in [-0.25, -0.2) is 13.6 Å². The molecule has 0 aromatic heterocycles. The maximum absolute atomic E-state index is 15.0. The standard InChI is InChI=1S/C33H46F2N4O8/c1-6-10-22(27(41)30(44)37-23(32(46)47)15-19-11-8-7-9-12-19)36-28(42)25-20-13-14-33(34,35)21(20)16-39(25)31(45)24(17(2)3)38-29(43)26(40)18(4)5/h7-9,11-12,17-18,20-26,40H,6,10,13-16H2,1-5H3,(H,36,42)(H,37,44)(H,38,43)(H,46,47)/t20-,21-,22+,23-,24-,25-,26-/m0/s1. The lowest BCUT2D eigenvalue weighted by molar-refractivity contribution is -0.147. The van der Waals surface area contributed by atoms with Crippen LogP contribution >= 0.6 is 0 Å². The third kappa shape index (κ3) is 8.91. The predicted molar refractivity (Wildman–Crippen MR) is 166 cm³/mol. The number of aliphatic carboxylic acids is 1. The number of nitrogens with one attached hydrogen (secondary N) is 3. The van der Waals surface area contributed by atoms with Crippen LogP contribution in [0.5, 0.6) is 0 Å². The number of hydrogen-bond acceptors (Lipinski definition) is 7. The van der Waals surface area contributed by atoms with Crippen molar-refractivity contribution in [3.63, 3.8) is 0 Å². The normalized spacial score (nSPS) is 22.6. The molecule has 1 aromatic rings. The third-order valence-electron chi connectivity index (χ3n) is 9.01. The van der Waals surface area contributed by atoms with Crippen LogP contribution in [0, 0.1) is 23.7 Å². The van der Waals surface area contributed by atoms with E-state index in [0.29, 0.717) is 12.0 Å². The third-order valence-corrected chi connectivity index (χ3v) is 9.01. The molecule has 0 radical (unpaired) electrons. The molecule has 1 aliphatic heterocycles. The number of Topliss-reactive ketones (excluding diaryl/α,β-unsaturated/α-hetero) is 1. The fourth-order valence-corrected chi connectivity index (χ4v) is 6.31. The molecule has 7 atom stereocenters. The summed E-state index contributed by atoms with van der Waals surface area (Å²) in [7, 11) is 0. The molecule has 47 heavy (non-hydrogen) atoms. The average molecular weight is 665 g/mol. The van der Waals surface area contributed by atoms with Gasteiger partial charge in [0.1, 0.15) is 24.2 Å². The fraction of sp³-hybridized carbons (Fsp3) is 0.636. The molecule has 14 heteroatoms. The Morgan fingerprint density at radius 3 is 2.15 bits per heavy atom. The molecule has 0 bridgehead atoms. The number of carboxylic acids is 1. The summed E-state index contributed by atoms with van der Waals surface area (Å²) in [5.74, 6) is -12.7. The Labute approximate surface area is 273 Å². The molecule has 260 valence electrons. The zero-order chi connectivity index (χ0) is 35.2. The number of nitrogens with zero attached hydrogens (tertiary/aromatic N) is 1. The van der Waals surface area contributed by atoms with E-state index in [1.807, 2.05) is 0 Å². The first-order valence-corrected chi connectivity index (χ1v) is 16.1. The van der Waals surface area contributed by atoms with Crippen molar-refractivity contribution in [1.29, 1.82) is 0 Å². The smallest absolute Gasteiger partial charge is 0.326 e. The van der Waals surface area contributed by atoms with E-state index in [4.69, 9.17) is 0 Å². The molecule has 1 saturated carbocycles. The fourth-order valence-electron chi connectivity index (χ4n) is 6.31. The minimum absolute atomic E-state index is 0.0168. The van der Waals surface area contributed by atoms with Gasteiger partial charge in [-0.3, -0.25) is 24.0 Å². The van der Waals surface area contributed by atoms with Gasteiger partial charge in [-0.05, 0) is 36.2 Å². The van der Waals surface area contributed by atoms with Crippen molar-refractivity contribution in [2.45, 2.75) is 103 Å². The molecular weight excluding hydrogens is 618 g/mol. The number of carboxylic acid groups (broad SMARTS) is 1. The number of likely N-dealkylation sites (tertiary alicyclic amines) is 1. The van der Waals surface area contributed by atoms with Crippen molar-refractivity contribution < 1.29 is 47.8 Å². The van der Waals surface area contributed by atoms with Gasteiger partial charge in [0.15, 0.2) is 0 Å². The van der Waals surface area contributed by atoms with E-state index < -0.39 is 108 Å². The zero-order valence-electron chi connectivity index (χ0n) is 27.4. The second-order valence-corrected chi connectivity index (χ2v) is 13.2. The van der Waals surface area contributed by atoms with Crippen molar-refractivity contribution in [1.82, 2.24) is 20.9 Å². The van der Waals surface area contributed by atoms with E-state index >= 15 is 0 Å². The van der Waals surface area contributed by atoms with Gasteiger partial charge in [-0.2, -0.15) is 0 Å². The SMILES string of the molecule is CCC[C@@H](NC(=O)[C@@H]1[C@H]2CCC(F)(F)[C@H]2CN1C(=O)[C@@H](NC(=O)[C@@H](O)C(C)C)C(C)C)C(=O)C(=O)N[C@@H](Cc1ccccc1)C(=O)O. The van der Waals surface area contributed by atoms with Crippen molar-refractivity contribution >= 4 is 35.4 Å². The van der Waals surface area contributed by atoms with Crippen LogP contribution in [0.15, 0.2) is 30.3 Å². The van der Waals surface area contributed by atoms with Gasteiger partial charge in [0, 0.05) is 25.3 Å². The number of aliphatic hydroxyl groups excluding tert-OH is 1. The van der Waals surface area contributed by atoms with Crippen LogP contribution in [0.2, 0.25) is 0 Å². The van der Waals surface area contributed by atoms with Gasteiger partial charge in [0.05, 0.1) is 6.04 Å². The van der Waals surface area contributed by atoms with Crippen molar-refractivity contribution in [2.75, 3.05) is 6.54 Å². The molecule has 12 nitrogen and oxygen atoms in total. The van der Waals surface area contributed by atoms with E-state index in [9.17, 15) is 47.8 Å². The summed E-state index contributed by atoms with van der Waals surface area (Å²) in [6.07, 6.45) is -1.78. The number of carbonyl (C=O) groups excluding carboxylic acids is 5. The molecule has 1 aliphatic carbocycles. The summed E-state index contributed by atoms with van der Waals surface area (Å²) in [6.45, 7) is 7.71. The Kier molecular flexibility index (Phi) is 12.6. The number of alkyl halides is 2. The maximum Gasteiger partial charge on any atom is 0.326 e. The highest BCUT2D eigenvalue weighted by molar-refractivity contribution is 6.38. The Morgan fingerprint density at radius 1 is 0.957 bits per heavy atom. The highest BCUT2D eigenvalue weighted by Crippen LogP contribution is 2.51. The highest BCUT2D eigenvalue weighted by atomic mass is 19.3. The minimum atomic E-state index is -3.16. The monoisotopic (exact) mass is 664 g/mol. The highest BCUT2D eigenvalue weighted by Gasteiger charge is 2.61. The Bertz CT molecular complexity index is 1320. The molecule has 1 saturated heterocycles. The lowest BCUT2D eigenvalue weighted by atomic mass is 9.91. The summed E-state index contributed by atoms with van der Waals surface area (Å²) in [5.41, 5.74) is 0.606. The largest absolute Gasteiger partial charge is 0.480 e. The van der Waals surface area contributed by atoms with Crippen LogP contribution in [-0.2, 0) is 35.2 Å². The van der Waals surface area contributed by atoms with Crippen molar-refractivity contribution in [3.8, 4) is 0 Å². The molecular formula is C33H46F2N4O8.